The van der Waals surface area contributed by atoms with Gasteiger partial charge in [-0.05, 0) is 24.5 Å². The van der Waals surface area contributed by atoms with Crippen LogP contribution in [0.5, 0.6) is 11.5 Å². The molecule has 4 rings (SSSR count). The van der Waals surface area contributed by atoms with Crippen LogP contribution in [0.4, 0.5) is 5.69 Å². The Labute approximate surface area is 166 Å². The zero-order chi connectivity index (χ0) is 19.6. The highest BCUT2D eigenvalue weighted by molar-refractivity contribution is 7.99. The van der Waals surface area contributed by atoms with Crippen LogP contribution in [0, 0.1) is 5.92 Å². The second kappa shape index (κ2) is 8.00. The van der Waals surface area contributed by atoms with Crippen molar-refractivity contribution in [1.82, 2.24) is 10.2 Å². The van der Waals surface area contributed by atoms with Crippen LogP contribution in [0.15, 0.2) is 27.8 Å². The van der Waals surface area contributed by atoms with E-state index >= 15 is 0 Å². The number of thioether (sulfide) groups is 1. The maximum absolute atomic E-state index is 12.2. The van der Waals surface area contributed by atoms with Crippen molar-refractivity contribution in [3.8, 4) is 11.5 Å². The van der Waals surface area contributed by atoms with Gasteiger partial charge in [0.2, 0.25) is 11.8 Å². The summed E-state index contributed by atoms with van der Waals surface area (Å²) in [7, 11) is -2.93. The van der Waals surface area contributed by atoms with Crippen molar-refractivity contribution in [1.29, 1.82) is 0 Å². The number of hydrogen-bond donors (Lipinski definition) is 1. The first-order valence-corrected chi connectivity index (χ1v) is 11.6. The first-order valence-electron chi connectivity index (χ1n) is 8.82. The van der Waals surface area contributed by atoms with E-state index in [4.69, 9.17) is 13.9 Å². The third-order valence-electron chi connectivity index (χ3n) is 4.39. The van der Waals surface area contributed by atoms with Crippen LogP contribution in [0.2, 0.25) is 0 Å². The minimum absolute atomic E-state index is 0.0156. The predicted molar refractivity (Wildman–Crippen MR) is 102 cm³/mol. The van der Waals surface area contributed by atoms with Crippen LogP contribution >= 0.6 is 11.8 Å². The van der Waals surface area contributed by atoms with Crippen molar-refractivity contribution in [2.75, 3.05) is 35.8 Å². The lowest BCUT2D eigenvalue weighted by Gasteiger charge is -2.18. The maximum atomic E-state index is 12.2. The molecule has 1 aromatic heterocycles. The monoisotopic (exact) mass is 425 g/mol. The lowest BCUT2D eigenvalue weighted by atomic mass is 10.1. The van der Waals surface area contributed by atoms with Gasteiger partial charge in [0.25, 0.3) is 5.22 Å². The summed E-state index contributed by atoms with van der Waals surface area (Å²) in [4.78, 5) is 12.2. The van der Waals surface area contributed by atoms with Gasteiger partial charge < -0.3 is 19.2 Å². The predicted octanol–water partition coefficient (Wildman–Crippen LogP) is 1.55. The minimum atomic E-state index is -2.93. The Balaban J connectivity index is 1.26. The molecule has 0 bridgehead atoms. The van der Waals surface area contributed by atoms with Gasteiger partial charge in [0.15, 0.2) is 21.3 Å². The lowest BCUT2D eigenvalue weighted by molar-refractivity contribution is -0.113. The number of nitrogens with zero attached hydrogens (tertiary/aromatic N) is 2. The van der Waals surface area contributed by atoms with Gasteiger partial charge in [0, 0.05) is 18.2 Å². The standard InChI is InChI=1S/C17H19N3O6S2/c21-15(18-12-1-2-13-14(8-12)25-5-4-24-13)9-27-17-20-19-16(26-17)7-11-3-6-28(22,23)10-11/h1-2,8,11H,3-7,9-10H2,(H,18,21)/t11-/m0/s1. The number of amides is 1. The third kappa shape index (κ3) is 4.76. The van der Waals surface area contributed by atoms with E-state index in [1.807, 2.05) is 0 Å². The molecule has 3 heterocycles. The van der Waals surface area contributed by atoms with Gasteiger partial charge in [-0.25, -0.2) is 8.42 Å². The third-order valence-corrected chi connectivity index (χ3v) is 7.05. The quantitative estimate of drug-likeness (QED) is 0.687. The molecule has 1 aromatic carbocycles. The first kappa shape index (κ1) is 19.1. The van der Waals surface area contributed by atoms with E-state index in [0.29, 0.717) is 49.1 Å². The molecule has 0 spiro atoms. The van der Waals surface area contributed by atoms with E-state index in [9.17, 15) is 13.2 Å². The van der Waals surface area contributed by atoms with E-state index in [1.54, 1.807) is 18.2 Å². The molecule has 0 aliphatic carbocycles. The Morgan fingerprint density at radius 1 is 1.21 bits per heavy atom. The van der Waals surface area contributed by atoms with Gasteiger partial charge in [-0.15, -0.1) is 10.2 Å². The molecule has 0 saturated carbocycles. The maximum Gasteiger partial charge on any atom is 0.277 e. The molecular weight excluding hydrogens is 406 g/mol. The highest BCUT2D eigenvalue weighted by atomic mass is 32.2. The molecule has 1 atom stereocenters. The van der Waals surface area contributed by atoms with E-state index in [0.717, 1.165) is 11.8 Å². The molecule has 0 radical (unpaired) electrons. The van der Waals surface area contributed by atoms with Crippen molar-refractivity contribution in [2.24, 2.45) is 5.92 Å². The molecule has 28 heavy (non-hydrogen) atoms. The summed E-state index contributed by atoms with van der Waals surface area (Å²) >= 11 is 1.13. The Hall–Kier alpha value is -2.27. The van der Waals surface area contributed by atoms with Crippen molar-refractivity contribution in [3.05, 3.63) is 24.1 Å². The lowest BCUT2D eigenvalue weighted by Crippen LogP contribution is -2.17. The van der Waals surface area contributed by atoms with Crippen molar-refractivity contribution >= 4 is 33.2 Å². The van der Waals surface area contributed by atoms with Gasteiger partial charge >= 0.3 is 0 Å². The second-order valence-electron chi connectivity index (χ2n) is 6.63. The normalized spacial score (nSPS) is 20.1. The molecule has 1 amide bonds. The number of ether oxygens (including phenoxy) is 2. The van der Waals surface area contributed by atoms with Crippen LogP contribution < -0.4 is 14.8 Å². The van der Waals surface area contributed by atoms with Crippen LogP contribution in [-0.2, 0) is 21.1 Å². The number of carbonyl (C=O) groups is 1. The summed E-state index contributed by atoms with van der Waals surface area (Å²) < 4.78 is 39.5. The Bertz CT molecular complexity index is 975. The fourth-order valence-electron chi connectivity index (χ4n) is 3.10. The average molecular weight is 425 g/mol. The van der Waals surface area contributed by atoms with E-state index in [1.165, 1.54) is 0 Å². The van der Waals surface area contributed by atoms with Crippen molar-refractivity contribution in [3.63, 3.8) is 0 Å². The van der Waals surface area contributed by atoms with Gasteiger partial charge in [0.05, 0.1) is 17.3 Å². The molecule has 0 unspecified atom stereocenters. The molecule has 1 fully saturated rings. The molecule has 1 N–H and O–H groups in total. The summed E-state index contributed by atoms with van der Waals surface area (Å²) in [6.45, 7) is 0.991. The van der Waals surface area contributed by atoms with Crippen LogP contribution in [0.3, 0.4) is 0 Å². The molecule has 2 aliphatic rings. The van der Waals surface area contributed by atoms with Crippen molar-refractivity contribution in [2.45, 2.75) is 18.1 Å². The summed E-state index contributed by atoms with van der Waals surface area (Å²) in [5, 5.41) is 10.9. The number of carbonyl (C=O) groups excluding carboxylic acids is 1. The van der Waals surface area contributed by atoms with E-state index < -0.39 is 9.84 Å². The number of fused-ring (bicyclic) bond motifs is 1. The number of hydrogen-bond acceptors (Lipinski definition) is 9. The zero-order valence-corrected chi connectivity index (χ0v) is 16.6. The molecule has 9 nitrogen and oxygen atoms in total. The van der Waals surface area contributed by atoms with Crippen LogP contribution in [0.25, 0.3) is 0 Å². The zero-order valence-electron chi connectivity index (χ0n) is 14.9. The molecule has 11 heteroatoms. The van der Waals surface area contributed by atoms with Gasteiger partial charge in [-0.2, -0.15) is 0 Å². The fraction of sp³-hybridized carbons (Fsp3) is 0.471. The van der Waals surface area contributed by atoms with Crippen molar-refractivity contribution < 1.29 is 27.1 Å². The minimum Gasteiger partial charge on any atom is -0.486 e. The summed E-state index contributed by atoms with van der Waals surface area (Å²) in [6, 6.07) is 5.22. The van der Waals surface area contributed by atoms with Gasteiger partial charge in [0.1, 0.15) is 13.2 Å². The molecule has 150 valence electrons. The Kier molecular flexibility index (Phi) is 5.44. The molecule has 2 aromatic rings. The number of rotatable bonds is 6. The number of anilines is 1. The van der Waals surface area contributed by atoms with E-state index in [2.05, 4.69) is 15.5 Å². The first-order chi connectivity index (χ1) is 13.5. The average Bonchev–Trinajstić information content (AvgIpc) is 3.26. The summed E-state index contributed by atoms with van der Waals surface area (Å²) in [5.41, 5.74) is 0.614. The second-order valence-corrected chi connectivity index (χ2v) is 9.79. The molecule has 2 aliphatic heterocycles. The number of nitrogens with one attached hydrogen (secondary N) is 1. The fourth-order valence-corrected chi connectivity index (χ4v) is 5.55. The Morgan fingerprint density at radius 2 is 2.04 bits per heavy atom. The summed E-state index contributed by atoms with van der Waals surface area (Å²) in [6.07, 6.45) is 1.06. The molecular formula is C17H19N3O6S2. The van der Waals surface area contributed by atoms with Crippen LogP contribution in [-0.4, -0.2) is 55.0 Å². The Morgan fingerprint density at radius 3 is 2.82 bits per heavy atom. The highest BCUT2D eigenvalue weighted by Crippen LogP contribution is 2.32. The number of sulfone groups is 1. The topological polar surface area (TPSA) is 121 Å². The smallest absolute Gasteiger partial charge is 0.277 e. The summed E-state index contributed by atoms with van der Waals surface area (Å²) in [5.74, 6) is 1.94. The number of benzene rings is 1. The van der Waals surface area contributed by atoms with Crippen LogP contribution in [0.1, 0.15) is 12.3 Å². The highest BCUT2D eigenvalue weighted by Gasteiger charge is 2.29. The SMILES string of the molecule is O=C(CSc1nnc(C[C@@H]2CCS(=O)(=O)C2)o1)Nc1ccc2c(c1)OCCO2. The van der Waals surface area contributed by atoms with Gasteiger partial charge in [-0.1, -0.05) is 11.8 Å². The largest absolute Gasteiger partial charge is 0.486 e. The van der Waals surface area contributed by atoms with Gasteiger partial charge in [-0.3, -0.25) is 4.79 Å². The molecule has 1 saturated heterocycles. The number of aromatic nitrogens is 2. The van der Waals surface area contributed by atoms with E-state index in [-0.39, 0.29) is 34.3 Å².